The van der Waals surface area contributed by atoms with Crippen molar-refractivity contribution in [1.82, 2.24) is 10.0 Å². The normalized spacial score (nSPS) is 19.5. The molecule has 2 N–H and O–H groups in total. The van der Waals surface area contributed by atoms with Crippen molar-refractivity contribution in [3.8, 4) is 0 Å². The molecule has 6 heteroatoms. The lowest BCUT2D eigenvalue weighted by Crippen LogP contribution is -2.44. The van der Waals surface area contributed by atoms with Crippen LogP contribution in [0.5, 0.6) is 0 Å². The van der Waals surface area contributed by atoms with E-state index < -0.39 is 10.0 Å². The summed E-state index contributed by atoms with van der Waals surface area (Å²) in [6, 6.07) is 0. The highest BCUT2D eigenvalue weighted by Gasteiger charge is 2.29. The van der Waals surface area contributed by atoms with E-state index in [1.165, 1.54) is 0 Å². The van der Waals surface area contributed by atoms with Gasteiger partial charge in [-0.25, -0.2) is 13.1 Å². The fourth-order valence-corrected chi connectivity index (χ4v) is 3.58. The van der Waals surface area contributed by atoms with Crippen molar-refractivity contribution in [3.05, 3.63) is 0 Å². The fraction of sp³-hybridized carbons (Fsp3) is 1.00. The first-order chi connectivity index (χ1) is 7.87. The van der Waals surface area contributed by atoms with Crippen LogP contribution in [0.4, 0.5) is 0 Å². The van der Waals surface area contributed by atoms with Gasteiger partial charge in [0.25, 0.3) is 0 Å². The van der Waals surface area contributed by atoms with E-state index >= 15 is 0 Å². The highest BCUT2D eigenvalue weighted by Crippen LogP contribution is 2.17. The maximum Gasteiger partial charge on any atom is 0.214 e. The van der Waals surface area contributed by atoms with Gasteiger partial charge in [0.1, 0.15) is 0 Å². The topological polar surface area (TPSA) is 67.4 Å². The van der Waals surface area contributed by atoms with E-state index in [9.17, 15) is 8.42 Å². The van der Waals surface area contributed by atoms with Gasteiger partial charge in [0.05, 0.1) is 5.25 Å². The Morgan fingerprint density at radius 3 is 2.35 bits per heavy atom. The molecule has 102 valence electrons. The predicted molar refractivity (Wildman–Crippen MR) is 68.5 cm³/mol. The van der Waals surface area contributed by atoms with Gasteiger partial charge in [0.2, 0.25) is 10.0 Å². The second kappa shape index (κ2) is 6.13. The minimum atomic E-state index is -3.19. The Kier molecular flexibility index (Phi) is 5.37. The Balaban J connectivity index is 2.49. The summed E-state index contributed by atoms with van der Waals surface area (Å²) in [5, 5.41) is 2.78. The molecule has 0 radical (unpaired) electrons. The standard InChI is InChI=1S/C11H24N2O3S/c1-11(2,8-12-3)9-13-17(14,15)10-4-6-16-7-5-10/h10,12-13H,4-9H2,1-3H3. The molecule has 1 rings (SSSR count). The van der Waals surface area contributed by atoms with Crippen molar-refractivity contribution in [2.45, 2.75) is 31.9 Å². The summed E-state index contributed by atoms with van der Waals surface area (Å²) in [4.78, 5) is 0. The van der Waals surface area contributed by atoms with Crippen LogP contribution in [0.3, 0.4) is 0 Å². The molecule has 5 nitrogen and oxygen atoms in total. The molecular weight excluding hydrogens is 240 g/mol. The third-order valence-corrected chi connectivity index (χ3v) is 4.91. The Bertz CT molecular complexity index is 322. The minimum absolute atomic E-state index is 0.0764. The van der Waals surface area contributed by atoms with Crippen molar-refractivity contribution in [2.75, 3.05) is 33.4 Å². The zero-order valence-corrected chi connectivity index (χ0v) is 11.8. The summed E-state index contributed by atoms with van der Waals surface area (Å²) in [6.07, 6.45) is 1.20. The van der Waals surface area contributed by atoms with Gasteiger partial charge in [-0.2, -0.15) is 0 Å². The summed E-state index contributed by atoms with van der Waals surface area (Å²) in [7, 11) is -1.32. The zero-order chi connectivity index (χ0) is 12.9. The monoisotopic (exact) mass is 264 g/mol. The molecule has 0 spiro atoms. The smallest absolute Gasteiger partial charge is 0.214 e. The van der Waals surface area contributed by atoms with Gasteiger partial charge in [-0.05, 0) is 25.3 Å². The second-order valence-electron chi connectivity index (χ2n) is 5.37. The fourth-order valence-electron chi connectivity index (χ4n) is 1.94. The third-order valence-electron chi connectivity index (χ3n) is 3.01. The Morgan fingerprint density at radius 1 is 1.24 bits per heavy atom. The van der Waals surface area contributed by atoms with Crippen molar-refractivity contribution in [2.24, 2.45) is 5.41 Å². The molecule has 0 bridgehead atoms. The number of hydrogen-bond donors (Lipinski definition) is 2. The quantitative estimate of drug-likeness (QED) is 0.725. The van der Waals surface area contributed by atoms with Crippen LogP contribution in [-0.2, 0) is 14.8 Å². The highest BCUT2D eigenvalue weighted by atomic mass is 32.2. The number of rotatable bonds is 6. The SMILES string of the molecule is CNCC(C)(C)CNS(=O)(=O)C1CCOCC1. The Hall–Kier alpha value is -0.170. The molecule has 1 heterocycles. The lowest BCUT2D eigenvalue weighted by molar-refractivity contribution is 0.0981. The number of nitrogens with one attached hydrogen (secondary N) is 2. The molecule has 1 aliphatic heterocycles. The molecule has 0 aliphatic carbocycles. The van der Waals surface area contributed by atoms with Gasteiger partial charge in [0, 0.05) is 26.3 Å². The van der Waals surface area contributed by atoms with Crippen LogP contribution in [-0.4, -0.2) is 47.0 Å². The molecular formula is C11H24N2O3S. The van der Waals surface area contributed by atoms with Gasteiger partial charge in [-0.15, -0.1) is 0 Å². The largest absolute Gasteiger partial charge is 0.381 e. The summed E-state index contributed by atoms with van der Waals surface area (Å²) >= 11 is 0. The van der Waals surface area contributed by atoms with Gasteiger partial charge in [0.15, 0.2) is 0 Å². The van der Waals surface area contributed by atoms with Crippen LogP contribution in [0, 0.1) is 5.41 Å². The van der Waals surface area contributed by atoms with Crippen LogP contribution < -0.4 is 10.0 Å². The molecule has 1 fully saturated rings. The van der Waals surface area contributed by atoms with Gasteiger partial charge in [-0.1, -0.05) is 13.8 Å². The summed E-state index contributed by atoms with van der Waals surface area (Å²) < 4.78 is 32.0. The molecule has 0 aromatic carbocycles. The van der Waals surface area contributed by atoms with Crippen LogP contribution in [0.2, 0.25) is 0 Å². The number of ether oxygens (including phenoxy) is 1. The molecule has 1 aliphatic rings. The first-order valence-corrected chi connectivity index (χ1v) is 7.63. The average molecular weight is 264 g/mol. The third kappa shape index (κ3) is 4.91. The molecule has 1 saturated heterocycles. The van der Waals surface area contributed by atoms with E-state index in [2.05, 4.69) is 10.0 Å². The molecule has 0 aromatic rings. The Labute approximate surface area is 104 Å². The van der Waals surface area contributed by atoms with Gasteiger partial charge >= 0.3 is 0 Å². The highest BCUT2D eigenvalue weighted by molar-refractivity contribution is 7.90. The predicted octanol–water partition coefficient (Wildman–Crippen LogP) is 0.330. The number of sulfonamides is 1. The van der Waals surface area contributed by atoms with Crippen LogP contribution in [0.25, 0.3) is 0 Å². The van der Waals surface area contributed by atoms with Gasteiger partial charge in [-0.3, -0.25) is 0 Å². The maximum atomic E-state index is 12.0. The maximum absolute atomic E-state index is 12.0. The minimum Gasteiger partial charge on any atom is -0.381 e. The van der Waals surface area contributed by atoms with Crippen LogP contribution >= 0.6 is 0 Å². The van der Waals surface area contributed by atoms with Crippen LogP contribution in [0.15, 0.2) is 0 Å². The van der Waals surface area contributed by atoms with E-state index in [0.717, 1.165) is 6.54 Å². The molecule has 17 heavy (non-hydrogen) atoms. The summed E-state index contributed by atoms with van der Waals surface area (Å²) in [5.74, 6) is 0. The van der Waals surface area contributed by atoms with E-state index in [1.54, 1.807) is 0 Å². The van der Waals surface area contributed by atoms with Crippen molar-refractivity contribution >= 4 is 10.0 Å². The lowest BCUT2D eigenvalue weighted by atomic mass is 9.94. The zero-order valence-electron chi connectivity index (χ0n) is 11.0. The lowest BCUT2D eigenvalue weighted by Gasteiger charge is -2.27. The van der Waals surface area contributed by atoms with Crippen molar-refractivity contribution in [3.63, 3.8) is 0 Å². The van der Waals surface area contributed by atoms with Crippen molar-refractivity contribution in [1.29, 1.82) is 0 Å². The molecule has 0 aromatic heterocycles. The summed E-state index contributed by atoms with van der Waals surface area (Å²) in [5.41, 5.74) is -0.0764. The first kappa shape index (κ1) is 14.9. The molecule has 0 amide bonds. The van der Waals surface area contributed by atoms with Crippen molar-refractivity contribution < 1.29 is 13.2 Å². The van der Waals surface area contributed by atoms with E-state index in [1.807, 2.05) is 20.9 Å². The summed E-state index contributed by atoms with van der Waals surface area (Å²) in [6.45, 7) is 6.42. The van der Waals surface area contributed by atoms with E-state index in [4.69, 9.17) is 4.74 Å². The van der Waals surface area contributed by atoms with E-state index in [-0.39, 0.29) is 10.7 Å². The Morgan fingerprint density at radius 2 is 1.82 bits per heavy atom. The molecule has 0 saturated carbocycles. The first-order valence-electron chi connectivity index (χ1n) is 6.08. The second-order valence-corrected chi connectivity index (χ2v) is 7.42. The van der Waals surface area contributed by atoms with Gasteiger partial charge < -0.3 is 10.1 Å². The molecule has 0 atom stereocenters. The number of hydrogen-bond acceptors (Lipinski definition) is 4. The molecule has 0 unspecified atom stereocenters. The van der Waals surface area contributed by atoms with Crippen LogP contribution in [0.1, 0.15) is 26.7 Å². The van der Waals surface area contributed by atoms with E-state index in [0.29, 0.717) is 32.6 Å². The average Bonchev–Trinajstić information content (AvgIpc) is 2.28.